The first-order valence-corrected chi connectivity index (χ1v) is 15.3. The lowest BCUT2D eigenvalue weighted by atomic mass is 9.90. The Morgan fingerprint density at radius 1 is 0.889 bits per heavy atom. The van der Waals surface area contributed by atoms with E-state index in [1.165, 1.54) is 62.5 Å². The first-order valence-electron chi connectivity index (χ1n) is 15.3. The average molecular weight is 613 g/mol. The zero-order valence-corrected chi connectivity index (χ0v) is 25.4. The number of aromatic nitrogens is 2. The Bertz CT molecular complexity index is 1950. The van der Waals surface area contributed by atoms with Crippen LogP contribution in [-0.2, 0) is 41.6 Å². The van der Waals surface area contributed by atoms with Crippen molar-refractivity contribution in [1.29, 1.82) is 0 Å². The highest BCUT2D eigenvalue weighted by atomic mass is 16.6. The van der Waals surface area contributed by atoms with Crippen LogP contribution in [0, 0.1) is 0 Å². The highest BCUT2D eigenvalue weighted by Crippen LogP contribution is 2.36. The first kappa shape index (κ1) is 30.5. The summed E-state index contributed by atoms with van der Waals surface area (Å²) >= 11 is 0. The smallest absolute Gasteiger partial charge is 0.330 e. The molecule has 0 bridgehead atoms. The molecule has 10 nitrogen and oxygen atoms in total. The minimum absolute atomic E-state index is 0.0294. The molecule has 1 saturated heterocycles. The van der Waals surface area contributed by atoms with E-state index in [0.717, 1.165) is 25.7 Å². The van der Waals surface area contributed by atoms with Gasteiger partial charge < -0.3 is 18.9 Å². The highest BCUT2D eigenvalue weighted by Gasteiger charge is 2.39. The molecule has 1 aromatic heterocycles. The molecule has 1 N–H and O–H groups in total. The second kappa shape index (κ2) is 13.2. The van der Waals surface area contributed by atoms with Gasteiger partial charge in [0.1, 0.15) is 25.0 Å². The number of aryl methyl sites for hydroxylation is 1. The quantitative estimate of drug-likeness (QED) is 0.117. The summed E-state index contributed by atoms with van der Waals surface area (Å²) in [5.74, 6) is -1.02. The van der Waals surface area contributed by atoms with Gasteiger partial charge in [0, 0.05) is 33.1 Å². The summed E-state index contributed by atoms with van der Waals surface area (Å²) in [5, 5.41) is 7.76. The number of rotatable bonds is 12. The number of nitrogens with zero attached hydrogens (tertiary/aromatic N) is 1. The van der Waals surface area contributed by atoms with E-state index in [0.29, 0.717) is 6.61 Å². The van der Waals surface area contributed by atoms with Crippen molar-refractivity contribution in [2.24, 2.45) is 0 Å². The summed E-state index contributed by atoms with van der Waals surface area (Å²) in [6.45, 7) is 2.90. The van der Waals surface area contributed by atoms with Crippen molar-refractivity contribution in [2.75, 3.05) is 13.2 Å². The molecule has 1 aliphatic rings. The largest absolute Gasteiger partial charge is 0.463 e. The van der Waals surface area contributed by atoms with Crippen LogP contribution < -0.4 is 11.2 Å². The predicted molar refractivity (Wildman–Crippen MR) is 169 cm³/mol. The van der Waals surface area contributed by atoms with Crippen LogP contribution in [0.5, 0.6) is 0 Å². The zero-order valence-electron chi connectivity index (χ0n) is 25.4. The van der Waals surface area contributed by atoms with Crippen LogP contribution in [-0.4, -0.2) is 46.9 Å². The van der Waals surface area contributed by atoms with Gasteiger partial charge in [0.2, 0.25) is 0 Å². The maximum absolute atomic E-state index is 12.6. The molecule has 10 heteroatoms. The predicted octanol–water partition coefficient (Wildman–Crippen LogP) is 5.15. The molecule has 1 fully saturated rings. The average Bonchev–Trinajstić information content (AvgIpc) is 3.41. The number of carbonyl (C=O) groups excluding carboxylic acids is 2. The topological polar surface area (TPSA) is 126 Å². The number of aromatic amines is 1. The third kappa shape index (κ3) is 6.62. The zero-order chi connectivity index (χ0) is 31.5. The van der Waals surface area contributed by atoms with Gasteiger partial charge in [-0.2, -0.15) is 0 Å². The van der Waals surface area contributed by atoms with Crippen molar-refractivity contribution < 1.29 is 28.5 Å². The molecule has 0 spiro atoms. The number of benzene rings is 4. The normalized spacial score (nSPS) is 18.2. The van der Waals surface area contributed by atoms with E-state index >= 15 is 0 Å². The molecular formula is C35H36N2O8. The third-order valence-corrected chi connectivity index (χ3v) is 8.41. The summed E-state index contributed by atoms with van der Waals surface area (Å²) < 4.78 is 23.3. The molecule has 234 valence electrons. The number of hydrogen-bond acceptors (Lipinski definition) is 8. The lowest BCUT2D eigenvalue weighted by molar-refractivity contribution is -0.155. The van der Waals surface area contributed by atoms with Gasteiger partial charge in [0.15, 0.2) is 0 Å². The number of H-pyrrole nitrogens is 1. The van der Waals surface area contributed by atoms with Crippen molar-refractivity contribution in [3.8, 4) is 0 Å². The molecule has 4 aromatic carbocycles. The van der Waals surface area contributed by atoms with Crippen LogP contribution >= 0.6 is 0 Å². The van der Waals surface area contributed by atoms with Gasteiger partial charge >= 0.3 is 17.6 Å². The monoisotopic (exact) mass is 612 g/mol. The van der Waals surface area contributed by atoms with Gasteiger partial charge in [0.05, 0.1) is 12.2 Å². The molecule has 45 heavy (non-hydrogen) atoms. The summed E-state index contributed by atoms with van der Waals surface area (Å²) in [5.41, 5.74) is 0.432. The van der Waals surface area contributed by atoms with Gasteiger partial charge in [0.25, 0.3) is 5.56 Å². The van der Waals surface area contributed by atoms with E-state index in [2.05, 4.69) is 59.6 Å². The Morgan fingerprint density at radius 3 is 2.38 bits per heavy atom. The van der Waals surface area contributed by atoms with Gasteiger partial charge in [-0.25, -0.2) is 4.79 Å². The SMILES string of the molecule is CC(=O)OC[C@H]1O[C@@H](n2cc(COCCCCCc3ccc4ccc5cccc6ccc3c4c56)c(=O)[nH]c2=O)C[C@@H]1OC(C)=O. The first-order chi connectivity index (χ1) is 21.8. The summed E-state index contributed by atoms with van der Waals surface area (Å²) in [7, 11) is 0. The molecular weight excluding hydrogens is 576 g/mol. The van der Waals surface area contributed by atoms with Crippen LogP contribution in [0.25, 0.3) is 32.3 Å². The van der Waals surface area contributed by atoms with Crippen molar-refractivity contribution >= 4 is 44.3 Å². The number of ether oxygens (including phenoxy) is 4. The number of hydrogen-bond donors (Lipinski definition) is 1. The molecule has 3 atom stereocenters. The highest BCUT2D eigenvalue weighted by molar-refractivity contribution is 6.23. The number of unbranched alkanes of at least 4 members (excludes halogenated alkanes) is 2. The maximum Gasteiger partial charge on any atom is 0.330 e. The van der Waals surface area contributed by atoms with Crippen LogP contribution in [0.1, 0.15) is 56.9 Å². The van der Waals surface area contributed by atoms with E-state index in [9.17, 15) is 19.2 Å². The molecule has 0 aliphatic carbocycles. The van der Waals surface area contributed by atoms with Crippen LogP contribution in [0.2, 0.25) is 0 Å². The van der Waals surface area contributed by atoms with Gasteiger partial charge in [-0.1, -0.05) is 61.0 Å². The summed E-state index contributed by atoms with van der Waals surface area (Å²) in [6.07, 6.45) is 3.06. The standard InChI is InChI=1S/C35H36N2O8/c1-21(38)43-20-30-29(44-22(2)39)17-31(45-30)37-18-27(34(40)36-35(37)41)19-42-16-5-3-4-7-23-10-11-26-13-12-24-8-6-9-25-14-15-28(23)33(26)32(24)25/h6,8-15,18,29-31H,3-5,7,16-17,19-20H2,1-2H3,(H,36,40,41)/t29-,30+,31+/m0/s1. The molecule has 5 aromatic rings. The second-order valence-electron chi connectivity index (χ2n) is 11.6. The number of esters is 2. The van der Waals surface area contributed by atoms with Gasteiger partial charge in [-0.05, 0) is 57.1 Å². The number of carbonyl (C=O) groups is 2. The molecule has 0 unspecified atom stereocenters. The van der Waals surface area contributed by atoms with Crippen LogP contribution in [0.15, 0.2) is 70.4 Å². The lowest BCUT2D eigenvalue weighted by Crippen LogP contribution is -2.34. The Kier molecular flexibility index (Phi) is 8.95. The molecule has 0 saturated carbocycles. The Hall–Kier alpha value is -4.54. The van der Waals surface area contributed by atoms with Crippen molar-refractivity contribution in [1.82, 2.24) is 9.55 Å². The fourth-order valence-electron chi connectivity index (χ4n) is 6.29. The molecule has 2 heterocycles. The molecule has 1 aliphatic heterocycles. The van der Waals surface area contributed by atoms with Crippen molar-refractivity contribution in [3.63, 3.8) is 0 Å². The second-order valence-corrected chi connectivity index (χ2v) is 11.6. The fraction of sp³-hybridized carbons (Fsp3) is 0.371. The van der Waals surface area contributed by atoms with Crippen molar-refractivity contribution in [2.45, 2.75) is 71.0 Å². The van der Waals surface area contributed by atoms with Crippen LogP contribution in [0.3, 0.4) is 0 Å². The van der Waals surface area contributed by atoms with E-state index in [1.54, 1.807) is 0 Å². The Balaban J connectivity index is 1.03. The number of nitrogens with one attached hydrogen (secondary N) is 1. The van der Waals surface area contributed by atoms with Crippen molar-refractivity contribution in [3.05, 3.63) is 92.8 Å². The van der Waals surface area contributed by atoms with E-state index in [-0.39, 0.29) is 25.2 Å². The van der Waals surface area contributed by atoms with E-state index in [4.69, 9.17) is 18.9 Å². The molecule has 0 amide bonds. The minimum Gasteiger partial charge on any atom is -0.463 e. The maximum atomic E-state index is 12.6. The Labute approximate surface area is 259 Å². The lowest BCUT2D eigenvalue weighted by Gasteiger charge is -2.17. The third-order valence-electron chi connectivity index (χ3n) is 8.41. The van der Waals surface area contributed by atoms with Gasteiger partial charge in [-0.3, -0.25) is 23.9 Å². The summed E-state index contributed by atoms with van der Waals surface area (Å²) in [6, 6.07) is 19.7. The Morgan fingerprint density at radius 2 is 1.62 bits per heavy atom. The fourth-order valence-corrected chi connectivity index (χ4v) is 6.29. The molecule has 0 radical (unpaired) electrons. The van der Waals surface area contributed by atoms with Gasteiger partial charge in [-0.15, -0.1) is 0 Å². The molecule has 6 rings (SSSR count). The van der Waals surface area contributed by atoms with E-state index < -0.39 is 41.6 Å². The minimum atomic E-state index is -0.822. The van der Waals surface area contributed by atoms with E-state index in [1.807, 2.05) is 0 Å². The van der Waals surface area contributed by atoms with Crippen LogP contribution in [0.4, 0.5) is 0 Å². The summed E-state index contributed by atoms with van der Waals surface area (Å²) in [4.78, 5) is 50.3.